The van der Waals surface area contributed by atoms with Gasteiger partial charge in [0.05, 0.1) is 4.92 Å². The standard InChI is InChI=1S/C9H5BrN2O4/c1-5(13)16-9-6(4-11)2-7(10)3-8(9)12(14)15/h2-3H,1H3. The first-order valence-electron chi connectivity index (χ1n) is 4.02. The fourth-order valence-electron chi connectivity index (χ4n) is 1.05. The zero-order valence-electron chi connectivity index (χ0n) is 8.06. The first kappa shape index (κ1) is 12.1. The van der Waals surface area contributed by atoms with Crippen LogP contribution in [0.15, 0.2) is 16.6 Å². The molecular formula is C9H5BrN2O4. The topological polar surface area (TPSA) is 93.2 Å². The SMILES string of the molecule is CC(=O)Oc1c(C#N)cc(Br)cc1[N+](=O)[O-]. The van der Waals surface area contributed by atoms with E-state index >= 15 is 0 Å². The summed E-state index contributed by atoms with van der Waals surface area (Å²) in [6.07, 6.45) is 0. The first-order chi connectivity index (χ1) is 7.45. The fraction of sp³-hybridized carbons (Fsp3) is 0.111. The van der Waals surface area contributed by atoms with Crippen LogP contribution in [0, 0.1) is 21.4 Å². The van der Waals surface area contributed by atoms with E-state index in [0.717, 1.165) is 6.92 Å². The Morgan fingerprint density at radius 3 is 2.69 bits per heavy atom. The van der Waals surface area contributed by atoms with Gasteiger partial charge in [0.2, 0.25) is 5.75 Å². The highest BCUT2D eigenvalue weighted by Gasteiger charge is 2.22. The molecule has 1 aromatic rings. The van der Waals surface area contributed by atoms with E-state index in [0.29, 0.717) is 4.47 Å². The summed E-state index contributed by atoms with van der Waals surface area (Å²) >= 11 is 3.03. The van der Waals surface area contributed by atoms with E-state index in [9.17, 15) is 14.9 Å². The minimum atomic E-state index is -0.720. The third-order valence-electron chi connectivity index (χ3n) is 1.60. The third-order valence-corrected chi connectivity index (χ3v) is 2.05. The van der Waals surface area contributed by atoms with E-state index in [1.807, 2.05) is 0 Å². The van der Waals surface area contributed by atoms with E-state index in [1.54, 1.807) is 6.07 Å². The number of nitro benzene ring substituents is 1. The summed E-state index contributed by atoms with van der Waals surface area (Å²) < 4.78 is 5.03. The van der Waals surface area contributed by atoms with Crippen molar-refractivity contribution in [1.29, 1.82) is 5.26 Å². The first-order valence-corrected chi connectivity index (χ1v) is 4.81. The normalized spacial score (nSPS) is 9.31. The molecule has 1 rings (SSSR count). The van der Waals surface area contributed by atoms with Crippen molar-refractivity contribution >= 4 is 27.6 Å². The van der Waals surface area contributed by atoms with Crippen molar-refractivity contribution in [3.8, 4) is 11.8 Å². The Bertz CT molecular complexity index is 507. The molecule has 0 amide bonds. The molecule has 0 saturated heterocycles. The Hall–Kier alpha value is -1.94. The largest absolute Gasteiger partial charge is 0.418 e. The summed E-state index contributed by atoms with van der Waals surface area (Å²) in [4.78, 5) is 20.8. The number of halogens is 1. The van der Waals surface area contributed by atoms with E-state index in [4.69, 9.17) is 5.26 Å². The maximum absolute atomic E-state index is 10.8. The highest BCUT2D eigenvalue weighted by molar-refractivity contribution is 9.10. The van der Waals surface area contributed by atoms with E-state index in [-0.39, 0.29) is 11.3 Å². The van der Waals surface area contributed by atoms with Crippen molar-refractivity contribution in [2.45, 2.75) is 6.92 Å². The smallest absolute Gasteiger partial charge is 0.314 e. The molecule has 0 spiro atoms. The molecule has 0 atom stereocenters. The minimum Gasteiger partial charge on any atom is -0.418 e. The molecule has 0 aliphatic heterocycles. The lowest BCUT2D eigenvalue weighted by Gasteiger charge is -2.04. The van der Waals surface area contributed by atoms with Crippen molar-refractivity contribution in [2.75, 3.05) is 0 Å². The minimum absolute atomic E-state index is 0.0729. The maximum atomic E-state index is 10.8. The van der Waals surface area contributed by atoms with Crippen LogP contribution in [0.5, 0.6) is 5.75 Å². The van der Waals surface area contributed by atoms with Crippen LogP contribution in [0.4, 0.5) is 5.69 Å². The number of rotatable bonds is 2. The van der Waals surface area contributed by atoms with Gasteiger partial charge in [0.1, 0.15) is 11.6 Å². The van der Waals surface area contributed by atoms with Crippen molar-refractivity contribution in [3.63, 3.8) is 0 Å². The Labute approximate surface area is 98.7 Å². The predicted octanol–water partition coefficient (Wildman–Crippen LogP) is 2.15. The van der Waals surface area contributed by atoms with Crippen LogP contribution >= 0.6 is 15.9 Å². The molecule has 0 heterocycles. The van der Waals surface area contributed by atoms with Gasteiger partial charge in [0.25, 0.3) is 0 Å². The molecule has 16 heavy (non-hydrogen) atoms. The zero-order valence-corrected chi connectivity index (χ0v) is 9.65. The molecule has 0 saturated carbocycles. The number of hydrogen-bond donors (Lipinski definition) is 0. The van der Waals surface area contributed by atoms with Gasteiger partial charge in [-0.1, -0.05) is 15.9 Å². The van der Waals surface area contributed by atoms with Crippen LogP contribution in [-0.2, 0) is 4.79 Å². The van der Waals surface area contributed by atoms with Crippen LogP contribution < -0.4 is 4.74 Å². The summed E-state index contributed by atoms with van der Waals surface area (Å²) in [5.41, 5.74) is -0.502. The number of nitrogens with zero attached hydrogens (tertiary/aromatic N) is 2. The summed E-state index contributed by atoms with van der Waals surface area (Å²) in [5, 5.41) is 19.5. The highest BCUT2D eigenvalue weighted by atomic mass is 79.9. The molecule has 0 aliphatic rings. The van der Waals surface area contributed by atoms with Crippen molar-refractivity contribution in [3.05, 3.63) is 32.3 Å². The maximum Gasteiger partial charge on any atom is 0.314 e. The van der Waals surface area contributed by atoms with Gasteiger partial charge in [0, 0.05) is 17.5 Å². The Kier molecular flexibility index (Phi) is 3.58. The number of esters is 1. The van der Waals surface area contributed by atoms with Gasteiger partial charge >= 0.3 is 11.7 Å². The molecule has 7 heteroatoms. The van der Waals surface area contributed by atoms with Crippen molar-refractivity contribution in [2.24, 2.45) is 0 Å². The van der Waals surface area contributed by atoms with Gasteiger partial charge in [-0.05, 0) is 6.07 Å². The van der Waals surface area contributed by atoms with Gasteiger partial charge < -0.3 is 4.74 Å². The number of benzene rings is 1. The molecule has 0 bridgehead atoms. The second-order valence-electron chi connectivity index (χ2n) is 2.76. The van der Waals surface area contributed by atoms with E-state index in [2.05, 4.69) is 20.7 Å². The third kappa shape index (κ3) is 2.55. The lowest BCUT2D eigenvalue weighted by molar-refractivity contribution is -0.385. The van der Waals surface area contributed by atoms with Crippen molar-refractivity contribution in [1.82, 2.24) is 0 Å². The summed E-state index contributed by atoms with van der Waals surface area (Å²) in [5.74, 6) is -1.05. The molecule has 0 N–H and O–H groups in total. The number of nitro groups is 1. The Morgan fingerprint density at radius 1 is 1.62 bits per heavy atom. The number of ether oxygens (including phenoxy) is 1. The van der Waals surface area contributed by atoms with Crippen LogP contribution in [0.2, 0.25) is 0 Å². The average Bonchev–Trinajstić information content (AvgIpc) is 2.19. The van der Waals surface area contributed by atoms with Crippen LogP contribution in [-0.4, -0.2) is 10.9 Å². The molecule has 1 aromatic carbocycles. The second-order valence-corrected chi connectivity index (χ2v) is 3.68. The number of nitriles is 1. The molecule has 0 aromatic heterocycles. The van der Waals surface area contributed by atoms with Gasteiger partial charge in [-0.15, -0.1) is 0 Å². The Morgan fingerprint density at radius 2 is 2.25 bits per heavy atom. The van der Waals surface area contributed by atoms with Gasteiger partial charge in [-0.2, -0.15) is 5.26 Å². The summed E-state index contributed by atoms with van der Waals surface area (Å²) in [6, 6.07) is 4.23. The van der Waals surface area contributed by atoms with E-state index < -0.39 is 16.6 Å². The molecule has 0 radical (unpaired) electrons. The molecule has 82 valence electrons. The second kappa shape index (κ2) is 4.72. The lowest BCUT2D eigenvalue weighted by Crippen LogP contribution is -2.06. The summed E-state index contributed by atoms with van der Waals surface area (Å²) in [7, 11) is 0. The summed E-state index contributed by atoms with van der Waals surface area (Å²) in [6.45, 7) is 1.10. The molecule has 0 aliphatic carbocycles. The highest BCUT2D eigenvalue weighted by Crippen LogP contribution is 2.34. The van der Waals surface area contributed by atoms with Crippen molar-refractivity contribution < 1.29 is 14.5 Å². The fourth-order valence-corrected chi connectivity index (χ4v) is 1.49. The number of hydrogen-bond acceptors (Lipinski definition) is 5. The molecular weight excluding hydrogens is 280 g/mol. The number of carbonyl (C=O) groups is 1. The quantitative estimate of drug-likeness (QED) is 0.359. The average molecular weight is 285 g/mol. The molecule has 6 nitrogen and oxygen atoms in total. The van der Waals surface area contributed by atoms with Gasteiger partial charge in [-0.25, -0.2) is 0 Å². The molecule has 0 fully saturated rings. The van der Waals surface area contributed by atoms with Crippen LogP contribution in [0.1, 0.15) is 12.5 Å². The molecule has 0 unspecified atom stereocenters. The zero-order chi connectivity index (χ0) is 12.3. The van der Waals surface area contributed by atoms with Crippen LogP contribution in [0.25, 0.3) is 0 Å². The van der Waals surface area contributed by atoms with E-state index in [1.165, 1.54) is 12.1 Å². The Balaban J connectivity index is 3.46. The van der Waals surface area contributed by atoms with Gasteiger partial charge in [0.15, 0.2) is 0 Å². The van der Waals surface area contributed by atoms with Crippen LogP contribution in [0.3, 0.4) is 0 Å². The monoisotopic (exact) mass is 284 g/mol. The van der Waals surface area contributed by atoms with Gasteiger partial charge in [-0.3, -0.25) is 14.9 Å². The lowest BCUT2D eigenvalue weighted by atomic mass is 10.2. The predicted molar refractivity (Wildman–Crippen MR) is 56.8 cm³/mol. The number of carbonyl (C=O) groups excluding carboxylic acids is 1.